The predicted molar refractivity (Wildman–Crippen MR) is 65.5 cm³/mol. The molecule has 1 aromatic rings. The lowest BCUT2D eigenvalue weighted by atomic mass is 9.91. The van der Waals surface area contributed by atoms with Gasteiger partial charge in [0.25, 0.3) is 0 Å². The van der Waals surface area contributed by atoms with Gasteiger partial charge in [0.05, 0.1) is 0 Å². The first-order valence-electron chi connectivity index (χ1n) is 5.47. The van der Waals surface area contributed by atoms with E-state index >= 15 is 0 Å². The van der Waals surface area contributed by atoms with Gasteiger partial charge in [-0.05, 0) is 25.6 Å². The maximum Gasteiger partial charge on any atom is 0.105 e. The van der Waals surface area contributed by atoms with Gasteiger partial charge in [-0.15, -0.1) is 6.42 Å². The van der Waals surface area contributed by atoms with E-state index in [9.17, 15) is 0 Å². The van der Waals surface area contributed by atoms with Gasteiger partial charge >= 0.3 is 0 Å². The van der Waals surface area contributed by atoms with E-state index in [0.29, 0.717) is 0 Å². The number of hydrogen-bond acceptors (Lipinski definition) is 1. The van der Waals surface area contributed by atoms with Gasteiger partial charge in [0.2, 0.25) is 0 Å². The lowest BCUT2D eigenvalue weighted by Crippen LogP contribution is -2.42. The second-order valence-corrected chi connectivity index (χ2v) is 3.75. The molecule has 1 aromatic carbocycles. The van der Waals surface area contributed by atoms with Gasteiger partial charge in [-0.3, -0.25) is 4.90 Å². The molecule has 1 heteroatoms. The first-order chi connectivity index (χ1) is 7.19. The first-order valence-corrected chi connectivity index (χ1v) is 5.47. The summed E-state index contributed by atoms with van der Waals surface area (Å²) in [6, 6.07) is 10.3. The van der Waals surface area contributed by atoms with Gasteiger partial charge < -0.3 is 0 Å². The van der Waals surface area contributed by atoms with E-state index < -0.39 is 0 Å². The molecule has 80 valence electrons. The van der Waals surface area contributed by atoms with Crippen LogP contribution in [0.3, 0.4) is 0 Å². The van der Waals surface area contributed by atoms with Gasteiger partial charge in [0, 0.05) is 0 Å². The molecule has 0 N–H and O–H groups in total. The molecule has 0 spiro atoms. The topological polar surface area (TPSA) is 3.24 Å². The van der Waals surface area contributed by atoms with E-state index in [1.807, 2.05) is 18.2 Å². The van der Waals surface area contributed by atoms with Crippen LogP contribution in [0, 0.1) is 12.3 Å². The molecule has 0 saturated carbocycles. The summed E-state index contributed by atoms with van der Waals surface area (Å²) in [5, 5.41) is 0. The van der Waals surface area contributed by atoms with Crippen molar-refractivity contribution in [3.63, 3.8) is 0 Å². The molecule has 0 radical (unpaired) electrons. The molecular formula is C14H19N. The summed E-state index contributed by atoms with van der Waals surface area (Å²) in [6.07, 6.45) is 5.70. The lowest BCUT2D eigenvalue weighted by Gasteiger charge is -2.36. The van der Waals surface area contributed by atoms with E-state index in [1.54, 1.807) is 0 Å². The van der Waals surface area contributed by atoms with E-state index in [-0.39, 0.29) is 5.54 Å². The zero-order valence-electron chi connectivity index (χ0n) is 9.83. The van der Waals surface area contributed by atoms with Crippen LogP contribution in [0.15, 0.2) is 30.3 Å². The van der Waals surface area contributed by atoms with E-state index in [0.717, 1.165) is 13.1 Å². The Kier molecular flexibility index (Phi) is 3.94. The van der Waals surface area contributed by atoms with Crippen molar-refractivity contribution in [3.8, 4) is 12.3 Å². The number of rotatable bonds is 4. The molecule has 0 amide bonds. The molecule has 1 unspecified atom stereocenters. The fraction of sp³-hybridized carbons (Fsp3) is 0.429. The SMILES string of the molecule is C#CC(C)(c1ccccc1)N(CC)CC. The molecule has 0 saturated heterocycles. The quantitative estimate of drug-likeness (QED) is 0.677. The molecular weight excluding hydrogens is 182 g/mol. The highest BCUT2D eigenvalue weighted by molar-refractivity contribution is 5.32. The van der Waals surface area contributed by atoms with Crippen LogP contribution in [0.4, 0.5) is 0 Å². The molecule has 1 rings (SSSR count). The van der Waals surface area contributed by atoms with Crippen molar-refractivity contribution in [3.05, 3.63) is 35.9 Å². The standard InChI is InChI=1S/C14H19N/c1-5-14(4,15(6-2)7-3)13-11-9-8-10-12-13/h1,8-12H,6-7H2,2-4H3. The maximum atomic E-state index is 5.70. The summed E-state index contributed by atoms with van der Waals surface area (Å²) >= 11 is 0. The molecule has 0 fully saturated rings. The van der Waals surface area contributed by atoms with Gasteiger partial charge in [0.15, 0.2) is 0 Å². The molecule has 0 aliphatic heterocycles. The molecule has 15 heavy (non-hydrogen) atoms. The third kappa shape index (κ3) is 2.22. The monoisotopic (exact) mass is 201 g/mol. The van der Waals surface area contributed by atoms with Crippen LogP contribution in [0.5, 0.6) is 0 Å². The molecule has 0 aliphatic carbocycles. The summed E-state index contributed by atoms with van der Waals surface area (Å²) in [7, 11) is 0. The summed E-state index contributed by atoms with van der Waals surface area (Å²) in [5.41, 5.74) is 0.904. The van der Waals surface area contributed by atoms with Gasteiger partial charge in [0.1, 0.15) is 5.54 Å². The second kappa shape index (κ2) is 5.00. The van der Waals surface area contributed by atoms with E-state index in [1.165, 1.54) is 5.56 Å². The van der Waals surface area contributed by atoms with Crippen molar-refractivity contribution >= 4 is 0 Å². The Labute approximate surface area is 93.1 Å². The first kappa shape index (κ1) is 11.8. The Morgan fingerprint density at radius 1 is 1.20 bits per heavy atom. The van der Waals surface area contributed by atoms with Gasteiger partial charge in [-0.2, -0.15) is 0 Å². The largest absolute Gasteiger partial charge is 0.284 e. The summed E-state index contributed by atoms with van der Waals surface area (Å²) in [4.78, 5) is 2.29. The van der Waals surface area contributed by atoms with Crippen molar-refractivity contribution in [2.45, 2.75) is 26.3 Å². The fourth-order valence-electron chi connectivity index (χ4n) is 1.98. The average molecular weight is 201 g/mol. The van der Waals surface area contributed by atoms with Crippen molar-refractivity contribution in [1.82, 2.24) is 4.90 Å². The Balaban J connectivity index is 3.11. The van der Waals surface area contributed by atoms with Crippen molar-refractivity contribution in [1.29, 1.82) is 0 Å². The third-order valence-electron chi connectivity index (χ3n) is 3.01. The fourth-order valence-corrected chi connectivity index (χ4v) is 1.98. The summed E-state index contributed by atoms with van der Waals surface area (Å²) in [5.74, 6) is 2.92. The Hall–Kier alpha value is -1.26. The highest BCUT2D eigenvalue weighted by Crippen LogP contribution is 2.26. The van der Waals surface area contributed by atoms with Crippen molar-refractivity contribution in [2.24, 2.45) is 0 Å². The zero-order chi connectivity index (χ0) is 11.3. The van der Waals surface area contributed by atoms with E-state index in [4.69, 9.17) is 6.42 Å². The Morgan fingerprint density at radius 2 is 1.73 bits per heavy atom. The minimum Gasteiger partial charge on any atom is -0.284 e. The zero-order valence-corrected chi connectivity index (χ0v) is 9.83. The molecule has 1 nitrogen and oxygen atoms in total. The van der Waals surface area contributed by atoms with Crippen LogP contribution in [0.1, 0.15) is 26.3 Å². The average Bonchev–Trinajstić information content (AvgIpc) is 2.31. The highest BCUT2D eigenvalue weighted by atomic mass is 15.2. The third-order valence-corrected chi connectivity index (χ3v) is 3.01. The lowest BCUT2D eigenvalue weighted by molar-refractivity contribution is 0.172. The molecule has 0 bridgehead atoms. The van der Waals surface area contributed by atoms with Gasteiger partial charge in [-0.1, -0.05) is 50.1 Å². The van der Waals surface area contributed by atoms with Crippen molar-refractivity contribution < 1.29 is 0 Å². The number of terminal acetylenes is 1. The molecule has 1 atom stereocenters. The van der Waals surface area contributed by atoms with Crippen LogP contribution in [-0.4, -0.2) is 18.0 Å². The Bertz CT molecular complexity index is 332. The number of hydrogen-bond donors (Lipinski definition) is 0. The van der Waals surface area contributed by atoms with Crippen LogP contribution in [0.25, 0.3) is 0 Å². The normalized spacial score (nSPS) is 14.6. The highest BCUT2D eigenvalue weighted by Gasteiger charge is 2.29. The number of nitrogens with zero attached hydrogens (tertiary/aromatic N) is 1. The second-order valence-electron chi connectivity index (χ2n) is 3.75. The minimum atomic E-state index is -0.287. The summed E-state index contributed by atoms with van der Waals surface area (Å²) < 4.78 is 0. The van der Waals surface area contributed by atoms with Crippen LogP contribution < -0.4 is 0 Å². The van der Waals surface area contributed by atoms with Crippen LogP contribution >= 0.6 is 0 Å². The Morgan fingerprint density at radius 3 is 2.13 bits per heavy atom. The van der Waals surface area contributed by atoms with Gasteiger partial charge in [-0.25, -0.2) is 0 Å². The number of benzene rings is 1. The molecule has 0 aliphatic rings. The predicted octanol–water partition coefficient (Wildman–Crippen LogP) is 2.88. The van der Waals surface area contributed by atoms with Crippen molar-refractivity contribution in [2.75, 3.05) is 13.1 Å². The smallest absolute Gasteiger partial charge is 0.105 e. The van der Waals surface area contributed by atoms with E-state index in [2.05, 4.69) is 43.7 Å². The maximum absolute atomic E-state index is 5.70. The minimum absolute atomic E-state index is 0.287. The van der Waals surface area contributed by atoms with Crippen LogP contribution in [-0.2, 0) is 5.54 Å². The molecule has 0 heterocycles. The van der Waals surface area contributed by atoms with Crippen LogP contribution in [0.2, 0.25) is 0 Å². The molecule has 0 aromatic heterocycles. The summed E-state index contributed by atoms with van der Waals surface area (Å²) in [6.45, 7) is 8.32.